The number of phenolic OH excluding ortho intramolecular Hbond substituents is 1. The lowest BCUT2D eigenvalue weighted by Crippen LogP contribution is -2.35. The summed E-state index contributed by atoms with van der Waals surface area (Å²) < 4.78 is 0. The maximum Gasteiger partial charge on any atom is 0.115 e. The number of likely N-dealkylation sites (tertiary alicyclic amines) is 1. The van der Waals surface area contributed by atoms with Crippen molar-refractivity contribution in [3.8, 4) is 5.75 Å². The molecule has 1 fully saturated rings. The van der Waals surface area contributed by atoms with Crippen LogP contribution in [-0.2, 0) is 6.42 Å². The summed E-state index contributed by atoms with van der Waals surface area (Å²) in [7, 11) is 4.35. The van der Waals surface area contributed by atoms with E-state index in [4.69, 9.17) is 0 Å². The predicted octanol–water partition coefficient (Wildman–Crippen LogP) is 2.35. The predicted molar refractivity (Wildman–Crippen MR) is 79.6 cm³/mol. The van der Waals surface area contributed by atoms with Crippen molar-refractivity contribution in [1.82, 2.24) is 9.80 Å². The Hall–Kier alpha value is -1.06. The largest absolute Gasteiger partial charge is 0.508 e. The monoisotopic (exact) mass is 262 g/mol. The van der Waals surface area contributed by atoms with E-state index >= 15 is 0 Å². The number of aromatic hydroxyl groups is 1. The van der Waals surface area contributed by atoms with Crippen molar-refractivity contribution in [2.24, 2.45) is 0 Å². The smallest absolute Gasteiger partial charge is 0.115 e. The third-order valence-corrected chi connectivity index (χ3v) is 4.34. The summed E-state index contributed by atoms with van der Waals surface area (Å²) >= 11 is 0. The first-order valence-corrected chi connectivity index (χ1v) is 7.24. The molecule has 1 aliphatic rings. The Labute approximate surface area is 116 Å². The normalized spacial score (nSPS) is 22.0. The summed E-state index contributed by atoms with van der Waals surface area (Å²) in [6.07, 6.45) is 3.56. The second-order valence-corrected chi connectivity index (χ2v) is 5.96. The van der Waals surface area contributed by atoms with Crippen molar-refractivity contribution < 1.29 is 5.11 Å². The van der Waals surface area contributed by atoms with Crippen LogP contribution in [0, 0.1) is 0 Å². The SMILES string of the molecule is CC(CCc1ccc(O)cc1)N1CCC(N(C)C)C1. The zero-order valence-electron chi connectivity index (χ0n) is 12.3. The standard InChI is InChI=1S/C16H26N2O/c1-13(18-11-10-15(12-18)17(2)3)4-5-14-6-8-16(19)9-7-14/h6-9,13,15,19H,4-5,10-12H2,1-3H3. The number of phenols is 1. The van der Waals surface area contributed by atoms with Crippen molar-refractivity contribution in [2.75, 3.05) is 27.2 Å². The summed E-state index contributed by atoms with van der Waals surface area (Å²) in [6.45, 7) is 4.75. The van der Waals surface area contributed by atoms with Crippen molar-refractivity contribution in [3.63, 3.8) is 0 Å². The van der Waals surface area contributed by atoms with Crippen LogP contribution in [0.4, 0.5) is 0 Å². The lowest BCUT2D eigenvalue weighted by Gasteiger charge is -2.25. The van der Waals surface area contributed by atoms with Crippen LogP contribution >= 0.6 is 0 Å². The van der Waals surface area contributed by atoms with Crippen molar-refractivity contribution in [2.45, 2.75) is 38.3 Å². The molecule has 0 aliphatic carbocycles. The molecule has 1 aliphatic heterocycles. The molecule has 0 radical (unpaired) electrons. The highest BCUT2D eigenvalue weighted by atomic mass is 16.3. The minimum Gasteiger partial charge on any atom is -0.508 e. The molecule has 1 aromatic rings. The maximum atomic E-state index is 9.27. The molecular weight excluding hydrogens is 236 g/mol. The van der Waals surface area contributed by atoms with Crippen molar-refractivity contribution >= 4 is 0 Å². The molecule has 2 atom stereocenters. The molecule has 19 heavy (non-hydrogen) atoms. The Morgan fingerprint density at radius 3 is 2.58 bits per heavy atom. The van der Waals surface area contributed by atoms with E-state index in [1.54, 1.807) is 12.1 Å². The molecule has 0 aromatic heterocycles. The van der Waals surface area contributed by atoms with E-state index < -0.39 is 0 Å². The van der Waals surface area contributed by atoms with Crippen LogP contribution in [0.15, 0.2) is 24.3 Å². The van der Waals surface area contributed by atoms with Crippen molar-refractivity contribution in [3.05, 3.63) is 29.8 Å². The van der Waals surface area contributed by atoms with Gasteiger partial charge in [-0.2, -0.15) is 0 Å². The van der Waals surface area contributed by atoms with Gasteiger partial charge in [0.05, 0.1) is 0 Å². The number of rotatable bonds is 5. The van der Waals surface area contributed by atoms with Crippen LogP contribution in [0.25, 0.3) is 0 Å². The minimum atomic E-state index is 0.352. The van der Waals surface area contributed by atoms with Gasteiger partial charge < -0.3 is 10.0 Å². The summed E-state index contributed by atoms with van der Waals surface area (Å²) in [5, 5.41) is 9.27. The molecule has 2 unspecified atom stereocenters. The van der Waals surface area contributed by atoms with Gasteiger partial charge in [0.1, 0.15) is 5.75 Å². The van der Waals surface area contributed by atoms with Crippen LogP contribution in [0.5, 0.6) is 5.75 Å². The molecule has 0 amide bonds. The molecule has 1 aromatic carbocycles. The molecule has 3 nitrogen and oxygen atoms in total. The number of benzene rings is 1. The molecule has 2 rings (SSSR count). The summed E-state index contributed by atoms with van der Waals surface area (Å²) in [4.78, 5) is 4.94. The van der Waals surface area contributed by atoms with E-state index in [-0.39, 0.29) is 0 Å². The van der Waals surface area contributed by atoms with Gasteiger partial charge in [-0.1, -0.05) is 12.1 Å². The molecule has 0 spiro atoms. The zero-order chi connectivity index (χ0) is 13.8. The topological polar surface area (TPSA) is 26.7 Å². The van der Waals surface area contributed by atoms with Crippen LogP contribution in [-0.4, -0.2) is 54.2 Å². The van der Waals surface area contributed by atoms with Gasteiger partial charge in [-0.3, -0.25) is 4.90 Å². The molecule has 1 heterocycles. The van der Waals surface area contributed by atoms with E-state index in [1.165, 1.54) is 31.5 Å². The van der Waals surface area contributed by atoms with E-state index in [2.05, 4.69) is 30.8 Å². The van der Waals surface area contributed by atoms with Gasteiger partial charge in [0, 0.05) is 25.2 Å². The van der Waals surface area contributed by atoms with E-state index in [0.29, 0.717) is 11.8 Å². The van der Waals surface area contributed by atoms with Gasteiger partial charge >= 0.3 is 0 Å². The number of hydrogen-bond acceptors (Lipinski definition) is 3. The fourth-order valence-corrected chi connectivity index (χ4v) is 2.81. The molecule has 0 saturated carbocycles. The Kier molecular flexibility index (Phi) is 4.83. The van der Waals surface area contributed by atoms with Gasteiger partial charge in [0.25, 0.3) is 0 Å². The molecule has 3 heteroatoms. The minimum absolute atomic E-state index is 0.352. The van der Waals surface area contributed by atoms with Gasteiger partial charge in [0.15, 0.2) is 0 Å². The summed E-state index contributed by atoms with van der Waals surface area (Å²) in [5.74, 6) is 0.352. The van der Waals surface area contributed by atoms with E-state index in [0.717, 1.165) is 12.5 Å². The second kappa shape index (κ2) is 6.40. The van der Waals surface area contributed by atoms with Gasteiger partial charge in [-0.15, -0.1) is 0 Å². The third-order valence-electron chi connectivity index (χ3n) is 4.34. The highest BCUT2D eigenvalue weighted by Gasteiger charge is 2.26. The van der Waals surface area contributed by atoms with Gasteiger partial charge in [-0.25, -0.2) is 0 Å². The zero-order valence-corrected chi connectivity index (χ0v) is 12.3. The summed E-state index contributed by atoms with van der Waals surface area (Å²) in [6, 6.07) is 8.95. The average Bonchev–Trinajstić information content (AvgIpc) is 2.87. The Morgan fingerprint density at radius 1 is 1.32 bits per heavy atom. The average molecular weight is 262 g/mol. The first-order chi connectivity index (χ1) is 9.06. The van der Waals surface area contributed by atoms with Crippen LogP contribution in [0.1, 0.15) is 25.3 Å². The summed E-state index contributed by atoms with van der Waals surface area (Å²) in [5.41, 5.74) is 1.31. The van der Waals surface area contributed by atoms with Crippen molar-refractivity contribution in [1.29, 1.82) is 0 Å². The number of likely N-dealkylation sites (N-methyl/N-ethyl adjacent to an activating group) is 1. The lowest BCUT2D eigenvalue weighted by atomic mass is 10.1. The third kappa shape index (κ3) is 3.95. The highest BCUT2D eigenvalue weighted by molar-refractivity contribution is 5.25. The molecule has 1 N–H and O–H groups in total. The number of nitrogens with zero attached hydrogens (tertiary/aromatic N) is 2. The van der Waals surface area contributed by atoms with E-state index in [1.807, 2.05) is 12.1 Å². The second-order valence-electron chi connectivity index (χ2n) is 5.96. The molecule has 1 saturated heterocycles. The maximum absolute atomic E-state index is 9.27. The van der Waals surface area contributed by atoms with Gasteiger partial charge in [-0.05, 0) is 58.0 Å². The lowest BCUT2D eigenvalue weighted by molar-refractivity contribution is 0.218. The fourth-order valence-electron chi connectivity index (χ4n) is 2.81. The molecule has 0 bridgehead atoms. The number of aryl methyl sites for hydroxylation is 1. The first kappa shape index (κ1) is 14.4. The van der Waals surface area contributed by atoms with Crippen LogP contribution in [0.3, 0.4) is 0 Å². The van der Waals surface area contributed by atoms with Crippen LogP contribution in [0.2, 0.25) is 0 Å². The van der Waals surface area contributed by atoms with E-state index in [9.17, 15) is 5.11 Å². The molecular formula is C16H26N2O. The Balaban J connectivity index is 1.78. The first-order valence-electron chi connectivity index (χ1n) is 7.24. The fraction of sp³-hybridized carbons (Fsp3) is 0.625. The quantitative estimate of drug-likeness (QED) is 0.882. The van der Waals surface area contributed by atoms with Crippen LogP contribution < -0.4 is 0 Å². The Morgan fingerprint density at radius 2 is 2.00 bits per heavy atom. The molecule has 106 valence electrons. The highest BCUT2D eigenvalue weighted by Crippen LogP contribution is 2.19. The van der Waals surface area contributed by atoms with Gasteiger partial charge in [0.2, 0.25) is 0 Å². The Bertz CT molecular complexity index is 388. The number of hydrogen-bond donors (Lipinski definition) is 1.